The lowest BCUT2D eigenvalue weighted by Gasteiger charge is -2.03. The van der Waals surface area contributed by atoms with Crippen molar-refractivity contribution in [1.29, 1.82) is 5.41 Å². The van der Waals surface area contributed by atoms with E-state index in [1.54, 1.807) is 12.4 Å². The summed E-state index contributed by atoms with van der Waals surface area (Å²) < 4.78 is 1.06. The molecule has 0 spiro atoms. The summed E-state index contributed by atoms with van der Waals surface area (Å²) in [7, 11) is 0. The second kappa shape index (κ2) is 4.02. The zero-order chi connectivity index (χ0) is 11.7. The molecule has 0 saturated carbocycles. The highest BCUT2D eigenvalue weighted by atomic mass is 32.1. The number of hydrogen-bond acceptors (Lipinski definition) is 4. The molecule has 0 atom stereocenters. The minimum atomic E-state index is 0.0621. The van der Waals surface area contributed by atoms with Gasteiger partial charge in [-0.1, -0.05) is 5.57 Å². The monoisotopic (exact) mass is 232 g/mol. The number of fused-ring (bicyclic) bond motifs is 1. The van der Waals surface area contributed by atoms with E-state index in [4.69, 9.17) is 11.1 Å². The maximum absolute atomic E-state index is 7.56. The third-order valence-corrected chi connectivity index (χ3v) is 3.23. The van der Waals surface area contributed by atoms with Crippen molar-refractivity contribution in [3.63, 3.8) is 0 Å². The van der Waals surface area contributed by atoms with Gasteiger partial charge in [0.25, 0.3) is 0 Å². The fourth-order valence-corrected chi connectivity index (χ4v) is 2.59. The molecular formula is C11H12N4S. The van der Waals surface area contributed by atoms with Crippen molar-refractivity contribution >= 4 is 33.0 Å². The van der Waals surface area contributed by atoms with Gasteiger partial charge in [0, 0.05) is 6.20 Å². The third-order valence-electron chi connectivity index (χ3n) is 2.17. The molecule has 0 unspecified atom stereocenters. The lowest BCUT2D eigenvalue weighted by Crippen LogP contribution is -2.12. The zero-order valence-electron chi connectivity index (χ0n) is 9.11. The third kappa shape index (κ3) is 1.81. The van der Waals surface area contributed by atoms with Crippen molar-refractivity contribution in [2.24, 2.45) is 5.73 Å². The highest BCUT2D eigenvalue weighted by Gasteiger charge is 2.12. The van der Waals surface area contributed by atoms with E-state index in [-0.39, 0.29) is 5.84 Å². The lowest BCUT2D eigenvalue weighted by molar-refractivity contribution is 1.31. The number of nitrogens with one attached hydrogen (secondary N) is 1. The molecule has 0 aromatic carbocycles. The molecule has 0 radical (unpaired) electrons. The number of allylic oxidation sites excluding steroid dienone is 1. The molecule has 3 N–H and O–H groups in total. The number of aromatic nitrogens is 2. The van der Waals surface area contributed by atoms with Crippen LogP contribution in [0.5, 0.6) is 0 Å². The minimum absolute atomic E-state index is 0.0621. The Morgan fingerprint density at radius 1 is 1.44 bits per heavy atom. The molecular weight excluding hydrogens is 220 g/mol. The molecule has 2 aromatic rings. The van der Waals surface area contributed by atoms with E-state index in [2.05, 4.69) is 9.97 Å². The van der Waals surface area contributed by atoms with E-state index in [1.165, 1.54) is 11.3 Å². The molecule has 4 nitrogen and oxygen atoms in total. The second-order valence-electron chi connectivity index (χ2n) is 3.65. The van der Waals surface area contributed by atoms with Gasteiger partial charge < -0.3 is 5.73 Å². The first-order valence-electron chi connectivity index (χ1n) is 4.82. The van der Waals surface area contributed by atoms with Gasteiger partial charge in [0.05, 0.1) is 16.5 Å². The number of nitrogens with zero attached hydrogens (tertiary/aromatic N) is 2. The van der Waals surface area contributed by atoms with Crippen molar-refractivity contribution in [3.8, 4) is 0 Å². The molecule has 0 bridgehead atoms. The summed E-state index contributed by atoms with van der Waals surface area (Å²) in [5, 5.41) is 8.35. The van der Waals surface area contributed by atoms with Crippen LogP contribution in [0.2, 0.25) is 0 Å². The topological polar surface area (TPSA) is 75.7 Å². The van der Waals surface area contributed by atoms with Crippen LogP contribution in [0, 0.1) is 5.41 Å². The van der Waals surface area contributed by atoms with Crippen molar-refractivity contribution in [2.75, 3.05) is 0 Å². The van der Waals surface area contributed by atoms with Gasteiger partial charge in [0.15, 0.2) is 0 Å². The van der Waals surface area contributed by atoms with Gasteiger partial charge in [-0.25, -0.2) is 4.98 Å². The van der Waals surface area contributed by atoms with E-state index in [0.717, 1.165) is 26.4 Å². The van der Waals surface area contributed by atoms with E-state index in [9.17, 15) is 0 Å². The van der Waals surface area contributed by atoms with E-state index in [1.807, 2.05) is 19.9 Å². The second-order valence-corrected chi connectivity index (χ2v) is 4.68. The van der Waals surface area contributed by atoms with Gasteiger partial charge in [-0.2, -0.15) is 0 Å². The molecule has 0 aliphatic carbocycles. The van der Waals surface area contributed by atoms with Crippen molar-refractivity contribution in [3.05, 3.63) is 29.0 Å². The Hall–Kier alpha value is -1.75. The maximum Gasteiger partial charge on any atom is 0.128 e. The fourth-order valence-electron chi connectivity index (χ4n) is 1.49. The number of pyridine rings is 1. The SMILES string of the molecule is CC(C)=C(C(=N)N)c1nc2cnccc2s1. The van der Waals surface area contributed by atoms with Gasteiger partial charge in [-0.05, 0) is 19.9 Å². The normalized spacial score (nSPS) is 10.4. The van der Waals surface area contributed by atoms with Crippen LogP contribution in [-0.2, 0) is 0 Å². The first-order chi connectivity index (χ1) is 7.59. The molecule has 0 aliphatic rings. The number of nitrogens with two attached hydrogens (primary N) is 1. The van der Waals surface area contributed by atoms with Crippen LogP contribution in [0.4, 0.5) is 0 Å². The van der Waals surface area contributed by atoms with Crippen LogP contribution in [0.3, 0.4) is 0 Å². The van der Waals surface area contributed by atoms with Gasteiger partial charge >= 0.3 is 0 Å². The molecule has 2 rings (SSSR count). The quantitative estimate of drug-likeness (QED) is 0.616. The molecule has 5 heteroatoms. The largest absolute Gasteiger partial charge is 0.384 e. The van der Waals surface area contributed by atoms with E-state index >= 15 is 0 Å². The Labute approximate surface area is 97.4 Å². The summed E-state index contributed by atoms with van der Waals surface area (Å²) in [5.41, 5.74) is 8.14. The Balaban J connectivity index is 2.63. The maximum atomic E-state index is 7.56. The van der Waals surface area contributed by atoms with Crippen LogP contribution in [0.25, 0.3) is 15.8 Å². The van der Waals surface area contributed by atoms with Gasteiger partial charge in [0.1, 0.15) is 16.4 Å². The standard InChI is InChI=1S/C11H12N4S/c1-6(2)9(10(12)13)11-15-7-5-14-4-3-8(7)16-11/h3-5H,1-2H3,(H3,12,13). The lowest BCUT2D eigenvalue weighted by atomic mass is 10.1. The van der Waals surface area contributed by atoms with Crippen LogP contribution in [-0.4, -0.2) is 15.8 Å². The summed E-state index contributed by atoms with van der Waals surface area (Å²) >= 11 is 1.53. The summed E-state index contributed by atoms with van der Waals surface area (Å²) in [5.74, 6) is 0.0621. The first kappa shape index (κ1) is 10.8. The predicted octanol–water partition coefficient (Wildman–Crippen LogP) is 2.42. The molecule has 2 aromatic heterocycles. The van der Waals surface area contributed by atoms with Crippen LogP contribution < -0.4 is 5.73 Å². The Bertz CT molecular complexity index is 545. The average Bonchev–Trinajstić information content (AvgIpc) is 2.58. The molecule has 0 fully saturated rings. The van der Waals surface area contributed by atoms with Crippen molar-refractivity contribution in [1.82, 2.24) is 9.97 Å². The predicted molar refractivity (Wildman–Crippen MR) is 67.6 cm³/mol. The average molecular weight is 232 g/mol. The van der Waals surface area contributed by atoms with Gasteiger partial charge in [-0.15, -0.1) is 11.3 Å². The van der Waals surface area contributed by atoms with E-state index < -0.39 is 0 Å². The number of thiazole rings is 1. The fraction of sp³-hybridized carbons (Fsp3) is 0.182. The zero-order valence-corrected chi connectivity index (χ0v) is 9.93. The molecule has 0 amide bonds. The summed E-state index contributed by atoms with van der Waals surface area (Å²) in [6, 6.07) is 1.92. The number of amidine groups is 1. The highest BCUT2D eigenvalue weighted by Crippen LogP contribution is 2.27. The van der Waals surface area contributed by atoms with Crippen molar-refractivity contribution < 1.29 is 0 Å². The van der Waals surface area contributed by atoms with Crippen molar-refractivity contribution in [2.45, 2.75) is 13.8 Å². The van der Waals surface area contributed by atoms with Crippen LogP contribution in [0.1, 0.15) is 18.9 Å². The Kier molecular flexibility index (Phi) is 2.70. The highest BCUT2D eigenvalue weighted by molar-refractivity contribution is 7.19. The van der Waals surface area contributed by atoms with E-state index in [0.29, 0.717) is 0 Å². The number of hydrogen-bond donors (Lipinski definition) is 2. The molecule has 0 saturated heterocycles. The molecule has 2 heterocycles. The summed E-state index contributed by atoms with van der Waals surface area (Å²) in [6.45, 7) is 3.86. The van der Waals surface area contributed by atoms with Crippen LogP contribution in [0.15, 0.2) is 24.0 Å². The summed E-state index contributed by atoms with van der Waals surface area (Å²) in [4.78, 5) is 8.45. The van der Waals surface area contributed by atoms with Crippen LogP contribution >= 0.6 is 11.3 Å². The molecule has 82 valence electrons. The first-order valence-corrected chi connectivity index (χ1v) is 5.64. The van der Waals surface area contributed by atoms with Gasteiger partial charge in [0.2, 0.25) is 0 Å². The Morgan fingerprint density at radius 3 is 2.75 bits per heavy atom. The molecule has 0 aliphatic heterocycles. The minimum Gasteiger partial charge on any atom is -0.384 e. The molecule has 16 heavy (non-hydrogen) atoms. The van der Waals surface area contributed by atoms with Gasteiger partial charge in [-0.3, -0.25) is 10.4 Å². The number of rotatable bonds is 2. The Morgan fingerprint density at radius 2 is 2.19 bits per heavy atom. The summed E-state index contributed by atoms with van der Waals surface area (Å²) in [6.07, 6.45) is 3.46. The smallest absolute Gasteiger partial charge is 0.128 e.